The van der Waals surface area contributed by atoms with Crippen molar-refractivity contribution < 1.29 is 14.6 Å². The molecule has 0 bridgehead atoms. The SMILES string of the molecule is COc1ccccc1NC(=O)[C@H](C)Sc1nc2ccccc2c(=O)n1CCCO. The Hall–Kier alpha value is -2.84. The number of aromatic nitrogens is 2. The Labute approximate surface area is 172 Å². The number of aliphatic hydroxyl groups is 1. The molecule has 3 rings (SSSR count). The van der Waals surface area contributed by atoms with Crippen molar-refractivity contribution in [2.24, 2.45) is 0 Å². The highest BCUT2D eigenvalue weighted by Gasteiger charge is 2.20. The van der Waals surface area contributed by atoms with Crippen molar-refractivity contribution in [1.29, 1.82) is 0 Å². The lowest BCUT2D eigenvalue weighted by Gasteiger charge is -2.17. The summed E-state index contributed by atoms with van der Waals surface area (Å²) < 4.78 is 6.79. The minimum absolute atomic E-state index is 0.0345. The molecule has 152 valence electrons. The van der Waals surface area contributed by atoms with Crippen LogP contribution < -0.4 is 15.6 Å². The number of benzene rings is 2. The fourth-order valence-corrected chi connectivity index (χ4v) is 3.79. The maximum atomic E-state index is 12.9. The first kappa shape index (κ1) is 20.9. The fourth-order valence-electron chi connectivity index (χ4n) is 2.86. The van der Waals surface area contributed by atoms with Gasteiger partial charge < -0.3 is 15.2 Å². The highest BCUT2D eigenvalue weighted by molar-refractivity contribution is 8.00. The number of rotatable bonds is 8. The van der Waals surface area contributed by atoms with Crippen molar-refractivity contribution in [3.05, 3.63) is 58.9 Å². The topological polar surface area (TPSA) is 93.5 Å². The molecule has 29 heavy (non-hydrogen) atoms. The molecule has 1 atom stereocenters. The molecule has 7 nitrogen and oxygen atoms in total. The quantitative estimate of drug-likeness (QED) is 0.436. The lowest BCUT2D eigenvalue weighted by molar-refractivity contribution is -0.115. The minimum Gasteiger partial charge on any atom is -0.495 e. The van der Waals surface area contributed by atoms with Gasteiger partial charge in [-0.2, -0.15) is 0 Å². The highest BCUT2D eigenvalue weighted by atomic mass is 32.2. The molecule has 1 aromatic heterocycles. The molecule has 0 spiro atoms. The summed E-state index contributed by atoms with van der Waals surface area (Å²) >= 11 is 1.21. The lowest BCUT2D eigenvalue weighted by atomic mass is 10.2. The maximum absolute atomic E-state index is 12.9. The van der Waals surface area contributed by atoms with Crippen molar-refractivity contribution in [1.82, 2.24) is 9.55 Å². The average molecular weight is 413 g/mol. The van der Waals surface area contributed by atoms with E-state index in [1.54, 1.807) is 44.4 Å². The molecule has 1 amide bonds. The van der Waals surface area contributed by atoms with Gasteiger partial charge in [-0.15, -0.1) is 0 Å². The molecule has 8 heteroatoms. The van der Waals surface area contributed by atoms with Gasteiger partial charge in [0, 0.05) is 13.2 Å². The molecule has 2 N–H and O–H groups in total. The molecule has 0 saturated carbocycles. The standard InChI is InChI=1S/C21H23N3O4S/c1-14(19(26)22-17-10-5-6-11-18(17)28-2)29-21-23-16-9-4-3-8-15(16)20(27)24(21)12-7-13-25/h3-6,8-11,14,25H,7,12-13H2,1-2H3,(H,22,26)/t14-/m0/s1. The van der Waals surface area contributed by atoms with E-state index in [-0.39, 0.29) is 18.1 Å². The van der Waals surface area contributed by atoms with Crippen LogP contribution in [0, 0.1) is 0 Å². The van der Waals surface area contributed by atoms with E-state index in [4.69, 9.17) is 4.74 Å². The largest absolute Gasteiger partial charge is 0.495 e. The van der Waals surface area contributed by atoms with Crippen LogP contribution in [-0.4, -0.2) is 39.5 Å². The molecule has 0 unspecified atom stereocenters. The molecular formula is C21H23N3O4S. The highest BCUT2D eigenvalue weighted by Crippen LogP contribution is 2.27. The van der Waals surface area contributed by atoms with Gasteiger partial charge in [-0.05, 0) is 37.6 Å². The van der Waals surface area contributed by atoms with E-state index in [2.05, 4.69) is 10.3 Å². The maximum Gasteiger partial charge on any atom is 0.262 e. The van der Waals surface area contributed by atoms with Crippen LogP contribution in [0.25, 0.3) is 10.9 Å². The predicted molar refractivity (Wildman–Crippen MR) is 115 cm³/mol. The first-order valence-electron chi connectivity index (χ1n) is 9.26. The number of hydrogen-bond donors (Lipinski definition) is 2. The second kappa shape index (κ2) is 9.58. The van der Waals surface area contributed by atoms with Gasteiger partial charge in [-0.25, -0.2) is 4.98 Å². The number of para-hydroxylation sites is 3. The Morgan fingerprint density at radius 3 is 2.72 bits per heavy atom. The molecule has 3 aromatic rings. The third-order valence-electron chi connectivity index (χ3n) is 4.38. The second-order valence-corrected chi connectivity index (χ2v) is 7.70. The Balaban J connectivity index is 1.87. The molecule has 0 aliphatic carbocycles. The normalized spacial score (nSPS) is 12.0. The number of thioether (sulfide) groups is 1. The van der Waals surface area contributed by atoms with Gasteiger partial charge in [0.1, 0.15) is 5.75 Å². The van der Waals surface area contributed by atoms with Crippen molar-refractivity contribution in [2.45, 2.75) is 30.3 Å². The zero-order valence-corrected chi connectivity index (χ0v) is 17.1. The van der Waals surface area contributed by atoms with E-state index in [0.717, 1.165) is 0 Å². The molecule has 0 saturated heterocycles. The van der Waals surface area contributed by atoms with Gasteiger partial charge in [0.25, 0.3) is 5.56 Å². The number of aliphatic hydroxyl groups excluding tert-OH is 1. The first-order chi connectivity index (χ1) is 14.0. The zero-order valence-electron chi connectivity index (χ0n) is 16.3. The predicted octanol–water partition coefficient (Wildman–Crippen LogP) is 2.91. The first-order valence-corrected chi connectivity index (χ1v) is 10.1. The van der Waals surface area contributed by atoms with Crippen molar-refractivity contribution in [2.75, 3.05) is 19.0 Å². The van der Waals surface area contributed by atoms with Crippen molar-refractivity contribution >= 4 is 34.3 Å². The number of fused-ring (bicyclic) bond motifs is 1. The molecule has 1 heterocycles. The van der Waals surface area contributed by atoms with Crippen LogP contribution in [0.3, 0.4) is 0 Å². The van der Waals surface area contributed by atoms with Crippen LogP contribution in [-0.2, 0) is 11.3 Å². The molecule has 2 aromatic carbocycles. The molecular weight excluding hydrogens is 390 g/mol. The third-order valence-corrected chi connectivity index (χ3v) is 5.47. The number of anilines is 1. The van der Waals surface area contributed by atoms with E-state index < -0.39 is 5.25 Å². The van der Waals surface area contributed by atoms with Gasteiger partial charge in [0.15, 0.2) is 5.16 Å². The smallest absolute Gasteiger partial charge is 0.262 e. The van der Waals surface area contributed by atoms with E-state index in [1.165, 1.54) is 16.3 Å². The number of carbonyl (C=O) groups is 1. The summed E-state index contributed by atoms with van der Waals surface area (Å²) in [6.07, 6.45) is 0.426. The molecule has 0 fully saturated rings. The summed E-state index contributed by atoms with van der Waals surface area (Å²) in [6, 6.07) is 14.3. The summed E-state index contributed by atoms with van der Waals surface area (Å²) in [5.74, 6) is 0.345. The number of nitrogens with zero attached hydrogens (tertiary/aromatic N) is 2. The van der Waals surface area contributed by atoms with E-state index in [0.29, 0.717) is 40.5 Å². The second-order valence-electron chi connectivity index (χ2n) is 6.40. The summed E-state index contributed by atoms with van der Waals surface area (Å²) in [4.78, 5) is 30.2. The fraction of sp³-hybridized carbons (Fsp3) is 0.286. The zero-order chi connectivity index (χ0) is 20.8. The number of carbonyl (C=O) groups excluding carboxylic acids is 1. The summed E-state index contributed by atoms with van der Waals surface area (Å²) in [5.41, 5.74) is 0.984. The Morgan fingerprint density at radius 2 is 1.97 bits per heavy atom. The third kappa shape index (κ3) is 4.78. The Kier molecular flexibility index (Phi) is 6.90. The van der Waals surface area contributed by atoms with Crippen LogP contribution in [0.1, 0.15) is 13.3 Å². The summed E-state index contributed by atoms with van der Waals surface area (Å²) in [5, 5.41) is 12.5. The number of nitrogens with one attached hydrogen (secondary N) is 1. The van der Waals surface area contributed by atoms with Crippen LogP contribution >= 0.6 is 11.8 Å². The minimum atomic E-state index is -0.506. The van der Waals surface area contributed by atoms with E-state index >= 15 is 0 Å². The lowest BCUT2D eigenvalue weighted by Crippen LogP contribution is -2.27. The van der Waals surface area contributed by atoms with E-state index in [1.807, 2.05) is 18.2 Å². The van der Waals surface area contributed by atoms with Crippen LogP contribution in [0.4, 0.5) is 5.69 Å². The monoisotopic (exact) mass is 413 g/mol. The molecule has 0 aliphatic heterocycles. The number of amides is 1. The van der Waals surface area contributed by atoms with Gasteiger partial charge >= 0.3 is 0 Å². The summed E-state index contributed by atoms with van der Waals surface area (Å²) in [6.45, 7) is 2.05. The average Bonchev–Trinajstić information content (AvgIpc) is 2.74. The van der Waals surface area contributed by atoms with Gasteiger partial charge in [0.05, 0.1) is 29.0 Å². The number of methoxy groups -OCH3 is 1. The number of hydrogen-bond acceptors (Lipinski definition) is 6. The van der Waals surface area contributed by atoms with Crippen molar-refractivity contribution in [3.63, 3.8) is 0 Å². The Bertz CT molecular complexity index is 1070. The van der Waals surface area contributed by atoms with Crippen molar-refractivity contribution in [3.8, 4) is 5.75 Å². The van der Waals surface area contributed by atoms with Gasteiger partial charge in [-0.1, -0.05) is 36.0 Å². The number of ether oxygens (including phenoxy) is 1. The Morgan fingerprint density at radius 1 is 1.24 bits per heavy atom. The van der Waals surface area contributed by atoms with Crippen LogP contribution in [0.15, 0.2) is 58.5 Å². The molecule has 0 radical (unpaired) electrons. The summed E-state index contributed by atoms with van der Waals surface area (Å²) in [7, 11) is 1.54. The van der Waals surface area contributed by atoms with E-state index in [9.17, 15) is 14.7 Å². The molecule has 0 aliphatic rings. The van der Waals surface area contributed by atoms with Crippen LogP contribution in [0.5, 0.6) is 5.75 Å². The van der Waals surface area contributed by atoms with Gasteiger partial charge in [-0.3, -0.25) is 14.2 Å². The van der Waals surface area contributed by atoms with Gasteiger partial charge in [0.2, 0.25) is 5.91 Å². The van der Waals surface area contributed by atoms with Crippen LogP contribution in [0.2, 0.25) is 0 Å².